The molecule has 2 aromatic heterocycles. The SMILES string of the molecule is CN(C)c1ncnc2c1CCN(C(=O)c1ccsc1)CC2. The minimum Gasteiger partial charge on any atom is -0.362 e. The molecule has 5 nitrogen and oxygen atoms in total. The van der Waals surface area contributed by atoms with Crippen LogP contribution in [0.5, 0.6) is 0 Å². The number of fused-ring (bicyclic) bond motifs is 1. The zero-order valence-corrected chi connectivity index (χ0v) is 13.1. The van der Waals surface area contributed by atoms with Crippen molar-refractivity contribution in [2.24, 2.45) is 0 Å². The molecule has 0 saturated carbocycles. The summed E-state index contributed by atoms with van der Waals surface area (Å²) in [5.74, 6) is 1.08. The van der Waals surface area contributed by atoms with Crippen molar-refractivity contribution in [3.05, 3.63) is 40.0 Å². The van der Waals surface area contributed by atoms with Gasteiger partial charge in [0.25, 0.3) is 5.91 Å². The quantitative estimate of drug-likeness (QED) is 0.849. The summed E-state index contributed by atoms with van der Waals surface area (Å²) in [6.45, 7) is 1.43. The van der Waals surface area contributed by atoms with E-state index in [1.54, 1.807) is 17.7 Å². The van der Waals surface area contributed by atoms with Gasteiger partial charge in [-0.05, 0) is 17.9 Å². The van der Waals surface area contributed by atoms with Crippen LogP contribution in [0.4, 0.5) is 5.82 Å². The number of thiophene rings is 1. The molecule has 0 saturated heterocycles. The van der Waals surface area contributed by atoms with Gasteiger partial charge in [0.15, 0.2) is 0 Å². The molecule has 0 fully saturated rings. The Bertz CT molecular complexity index is 639. The number of anilines is 1. The Morgan fingerprint density at radius 2 is 2.10 bits per heavy atom. The first kappa shape index (κ1) is 14.0. The van der Waals surface area contributed by atoms with Gasteiger partial charge in [0, 0.05) is 44.5 Å². The van der Waals surface area contributed by atoms with E-state index in [0.717, 1.165) is 36.5 Å². The maximum absolute atomic E-state index is 12.5. The highest BCUT2D eigenvalue weighted by Gasteiger charge is 2.23. The highest BCUT2D eigenvalue weighted by atomic mass is 32.1. The van der Waals surface area contributed by atoms with Crippen LogP contribution in [0.15, 0.2) is 23.2 Å². The number of amides is 1. The third-order valence-electron chi connectivity index (χ3n) is 3.74. The van der Waals surface area contributed by atoms with Gasteiger partial charge in [0.05, 0.1) is 11.3 Å². The van der Waals surface area contributed by atoms with E-state index in [2.05, 4.69) is 9.97 Å². The molecule has 2 aromatic rings. The molecule has 0 spiro atoms. The predicted octanol–water partition coefficient (Wildman–Crippen LogP) is 1.85. The van der Waals surface area contributed by atoms with Gasteiger partial charge in [-0.15, -0.1) is 0 Å². The second kappa shape index (κ2) is 5.81. The van der Waals surface area contributed by atoms with Gasteiger partial charge in [0.2, 0.25) is 0 Å². The molecule has 6 heteroatoms. The molecule has 0 aromatic carbocycles. The molecule has 1 aliphatic rings. The Labute approximate surface area is 128 Å². The fourth-order valence-corrected chi connectivity index (χ4v) is 3.30. The lowest BCUT2D eigenvalue weighted by atomic mass is 10.1. The molecule has 21 heavy (non-hydrogen) atoms. The van der Waals surface area contributed by atoms with Crippen molar-refractivity contribution in [3.63, 3.8) is 0 Å². The van der Waals surface area contributed by atoms with Crippen LogP contribution in [0, 0.1) is 0 Å². The summed E-state index contributed by atoms with van der Waals surface area (Å²) in [7, 11) is 3.98. The third kappa shape index (κ3) is 2.76. The molecule has 0 radical (unpaired) electrons. The summed E-state index contributed by atoms with van der Waals surface area (Å²) >= 11 is 1.55. The van der Waals surface area contributed by atoms with Crippen molar-refractivity contribution in [2.45, 2.75) is 12.8 Å². The van der Waals surface area contributed by atoms with Gasteiger partial charge in [-0.3, -0.25) is 4.79 Å². The smallest absolute Gasteiger partial charge is 0.254 e. The number of hydrogen-bond donors (Lipinski definition) is 0. The first-order valence-corrected chi connectivity index (χ1v) is 7.92. The molecule has 3 rings (SSSR count). The molecule has 110 valence electrons. The van der Waals surface area contributed by atoms with Crippen LogP contribution in [-0.2, 0) is 12.8 Å². The number of carbonyl (C=O) groups excluding carboxylic acids is 1. The van der Waals surface area contributed by atoms with E-state index in [1.807, 2.05) is 40.7 Å². The molecule has 0 atom stereocenters. The molecule has 0 aliphatic carbocycles. The molecule has 3 heterocycles. The van der Waals surface area contributed by atoms with Gasteiger partial charge in [-0.1, -0.05) is 0 Å². The number of carbonyl (C=O) groups is 1. The summed E-state index contributed by atoms with van der Waals surface area (Å²) in [5, 5.41) is 3.85. The summed E-state index contributed by atoms with van der Waals surface area (Å²) in [6.07, 6.45) is 3.21. The minimum atomic E-state index is 0.114. The topological polar surface area (TPSA) is 49.3 Å². The summed E-state index contributed by atoms with van der Waals surface area (Å²) < 4.78 is 0. The van der Waals surface area contributed by atoms with E-state index in [4.69, 9.17) is 0 Å². The Morgan fingerprint density at radius 1 is 1.29 bits per heavy atom. The summed E-state index contributed by atoms with van der Waals surface area (Å²) in [4.78, 5) is 25.2. The highest BCUT2D eigenvalue weighted by Crippen LogP contribution is 2.23. The van der Waals surface area contributed by atoms with Crippen molar-refractivity contribution in [2.75, 3.05) is 32.1 Å². The van der Waals surface area contributed by atoms with Gasteiger partial charge in [-0.2, -0.15) is 11.3 Å². The average Bonchev–Trinajstić information content (AvgIpc) is 2.92. The van der Waals surface area contributed by atoms with E-state index < -0.39 is 0 Å². The normalized spacial score (nSPS) is 14.5. The van der Waals surface area contributed by atoms with Gasteiger partial charge in [-0.25, -0.2) is 9.97 Å². The standard InChI is InChI=1S/C15H18N4OS/c1-18(2)14-12-3-6-19(7-4-13(12)16-10-17-14)15(20)11-5-8-21-9-11/h5,8-10H,3-4,6-7H2,1-2H3. The Morgan fingerprint density at radius 3 is 2.81 bits per heavy atom. The van der Waals surface area contributed by atoms with Crippen LogP contribution in [0.25, 0.3) is 0 Å². The van der Waals surface area contributed by atoms with Gasteiger partial charge < -0.3 is 9.80 Å². The molecule has 0 unspecified atom stereocenters. The summed E-state index contributed by atoms with van der Waals surface area (Å²) in [5.41, 5.74) is 3.02. The highest BCUT2D eigenvalue weighted by molar-refractivity contribution is 7.08. The van der Waals surface area contributed by atoms with Crippen molar-refractivity contribution < 1.29 is 4.79 Å². The van der Waals surface area contributed by atoms with E-state index >= 15 is 0 Å². The van der Waals surface area contributed by atoms with E-state index in [0.29, 0.717) is 6.54 Å². The van der Waals surface area contributed by atoms with Gasteiger partial charge >= 0.3 is 0 Å². The van der Waals surface area contributed by atoms with E-state index in [9.17, 15) is 4.79 Å². The Kier molecular flexibility index (Phi) is 3.88. The van der Waals surface area contributed by atoms with Crippen molar-refractivity contribution in [1.29, 1.82) is 0 Å². The van der Waals surface area contributed by atoms with E-state index in [-0.39, 0.29) is 5.91 Å². The van der Waals surface area contributed by atoms with Crippen LogP contribution in [0.1, 0.15) is 21.6 Å². The molecular weight excluding hydrogens is 284 g/mol. The number of rotatable bonds is 2. The molecule has 1 amide bonds. The minimum absolute atomic E-state index is 0.114. The van der Waals surface area contributed by atoms with Crippen LogP contribution in [-0.4, -0.2) is 48.0 Å². The first-order valence-electron chi connectivity index (χ1n) is 6.98. The lowest BCUT2D eigenvalue weighted by Gasteiger charge is -2.19. The van der Waals surface area contributed by atoms with Gasteiger partial charge in [0.1, 0.15) is 12.1 Å². The van der Waals surface area contributed by atoms with Crippen LogP contribution >= 0.6 is 11.3 Å². The van der Waals surface area contributed by atoms with Crippen molar-refractivity contribution >= 4 is 23.1 Å². The maximum atomic E-state index is 12.5. The van der Waals surface area contributed by atoms with Crippen LogP contribution in [0.2, 0.25) is 0 Å². The molecule has 1 aliphatic heterocycles. The second-order valence-corrected chi connectivity index (χ2v) is 6.10. The zero-order chi connectivity index (χ0) is 14.8. The zero-order valence-electron chi connectivity index (χ0n) is 12.2. The summed E-state index contributed by atoms with van der Waals surface area (Å²) in [6, 6.07) is 1.89. The van der Waals surface area contributed by atoms with Crippen LogP contribution in [0.3, 0.4) is 0 Å². The lowest BCUT2D eigenvalue weighted by Crippen LogP contribution is -2.33. The van der Waals surface area contributed by atoms with Crippen LogP contribution < -0.4 is 4.90 Å². The largest absolute Gasteiger partial charge is 0.362 e. The van der Waals surface area contributed by atoms with Crippen molar-refractivity contribution in [1.82, 2.24) is 14.9 Å². The van der Waals surface area contributed by atoms with E-state index in [1.165, 1.54) is 5.56 Å². The number of nitrogens with zero attached hydrogens (tertiary/aromatic N) is 4. The predicted molar refractivity (Wildman–Crippen MR) is 84.0 cm³/mol. The monoisotopic (exact) mass is 302 g/mol. The lowest BCUT2D eigenvalue weighted by molar-refractivity contribution is 0.0763. The average molecular weight is 302 g/mol. The van der Waals surface area contributed by atoms with Crippen molar-refractivity contribution in [3.8, 4) is 0 Å². The molecular formula is C15H18N4OS. The Balaban J connectivity index is 1.83. The fourth-order valence-electron chi connectivity index (χ4n) is 2.67. The Hall–Kier alpha value is -1.95. The maximum Gasteiger partial charge on any atom is 0.254 e. The second-order valence-electron chi connectivity index (χ2n) is 5.32. The first-order chi connectivity index (χ1) is 10.2. The fraction of sp³-hybridized carbons (Fsp3) is 0.400. The molecule has 0 bridgehead atoms. The number of aromatic nitrogens is 2. The number of hydrogen-bond acceptors (Lipinski definition) is 5. The molecule has 0 N–H and O–H groups in total. The third-order valence-corrected chi connectivity index (χ3v) is 4.42.